The summed E-state index contributed by atoms with van der Waals surface area (Å²) in [7, 11) is 0. The highest BCUT2D eigenvalue weighted by atomic mass is 16.5. The Labute approximate surface area is 226 Å². The first-order valence-corrected chi connectivity index (χ1v) is 13.5. The van der Waals surface area contributed by atoms with Crippen molar-refractivity contribution in [2.75, 3.05) is 23.8 Å². The van der Waals surface area contributed by atoms with E-state index in [9.17, 15) is 9.59 Å². The summed E-state index contributed by atoms with van der Waals surface area (Å²) < 4.78 is 5.92. The number of aryl methyl sites for hydroxylation is 1. The van der Waals surface area contributed by atoms with Crippen molar-refractivity contribution < 1.29 is 14.3 Å². The molecule has 10 nitrogen and oxygen atoms in total. The van der Waals surface area contributed by atoms with Crippen molar-refractivity contribution in [3.63, 3.8) is 0 Å². The van der Waals surface area contributed by atoms with Crippen LogP contribution in [0.4, 0.5) is 17.5 Å². The molecule has 0 bridgehead atoms. The number of fused-ring (bicyclic) bond motifs is 2. The first kappa shape index (κ1) is 24.8. The molecule has 3 N–H and O–H groups in total. The highest BCUT2D eigenvalue weighted by Gasteiger charge is 2.34. The molecule has 39 heavy (non-hydrogen) atoms. The van der Waals surface area contributed by atoms with E-state index in [1.54, 1.807) is 30.6 Å². The number of carbonyl (C=O) groups is 2. The third kappa shape index (κ3) is 5.14. The number of amides is 2. The second-order valence-corrected chi connectivity index (χ2v) is 10.1. The van der Waals surface area contributed by atoms with Crippen LogP contribution in [0.1, 0.15) is 64.8 Å². The zero-order valence-corrected chi connectivity index (χ0v) is 21.9. The van der Waals surface area contributed by atoms with E-state index >= 15 is 0 Å². The van der Waals surface area contributed by atoms with E-state index in [4.69, 9.17) is 9.72 Å². The number of aromatic nitrogens is 4. The number of nitrogens with one attached hydrogen (secondary N) is 3. The van der Waals surface area contributed by atoms with Gasteiger partial charge in [0, 0.05) is 18.3 Å². The number of H-pyrrole nitrogens is 1. The van der Waals surface area contributed by atoms with Crippen molar-refractivity contribution in [1.29, 1.82) is 0 Å². The molecule has 2 amide bonds. The third-order valence-electron chi connectivity index (χ3n) is 7.35. The van der Waals surface area contributed by atoms with Crippen LogP contribution in [-0.4, -0.2) is 55.8 Å². The molecule has 0 saturated heterocycles. The van der Waals surface area contributed by atoms with Crippen LogP contribution in [0.2, 0.25) is 0 Å². The summed E-state index contributed by atoms with van der Waals surface area (Å²) >= 11 is 0. The number of carbonyl (C=O) groups excluding carboxylic acids is 2. The van der Waals surface area contributed by atoms with E-state index in [1.165, 1.54) is 24.2 Å². The number of ether oxygens (including phenoxy) is 1. The Balaban J connectivity index is 1.07. The maximum Gasteiger partial charge on any atom is 0.261 e. The van der Waals surface area contributed by atoms with Crippen LogP contribution < -0.4 is 15.4 Å². The Kier molecular flexibility index (Phi) is 6.83. The van der Waals surface area contributed by atoms with Crippen molar-refractivity contribution in [3.8, 4) is 5.75 Å². The summed E-state index contributed by atoms with van der Waals surface area (Å²) in [6.07, 6.45) is 8.22. The second-order valence-electron chi connectivity index (χ2n) is 10.1. The Morgan fingerprint density at radius 3 is 2.54 bits per heavy atom. The van der Waals surface area contributed by atoms with Crippen LogP contribution in [0.3, 0.4) is 0 Å². The van der Waals surface area contributed by atoms with Crippen LogP contribution in [0.5, 0.6) is 5.75 Å². The lowest BCUT2D eigenvalue weighted by atomic mass is 9.95. The summed E-state index contributed by atoms with van der Waals surface area (Å²) in [5.74, 6) is 1.47. The number of imide groups is 1. The normalized spacial score (nSPS) is 15.6. The van der Waals surface area contributed by atoms with Crippen LogP contribution in [0, 0.1) is 6.92 Å². The number of aromatic amines is 1. The maximum absolute atomic E-state index is 12.5. The van der Waals surface area contributed by atoms with Crippen molar-refractivity contribution >= 4 is 40.4 Å². The number of imidazole rings is 1. The van der Waals surface area contributed by atoms with Gasteiger partial charge in [0.05, 0.1) is 24.1 Å². The molecule has 1 aliphatic carbocycles. The number of hydrogen-bond acceptors (Lipinski definition) is 8. The van der Waals surface area contributed by atoms with Crippen LogP contribution >= 0.6 is 0 Å². The van der Waals surface area contributed by atoms with Crippen LogP contribution in [0.25, 0.3) is 11.2 Å². The lowest BCUT2D eigenvalue weighted by Gasteiger charge is -2.23. The molecular weight excluding hydrogens is 494 g/mol. The maximum atomic E-state index is 12.5. The molecule has 2 aliphatic rings. The predicted molar refractivity (Wildman–Crippen MR) is 149 cm³/mol. The summed E-state index contributed by atoms with van der Waals surface area (Å²) in [6.45, 7) is 2.69. The topological polar surface area (TPSA) is 125 Å². The Morgan fingerprint density at radius 2 is 1.79 bits per heavy atom. The molecule has 200 valence electrons. The molecule has 1 fully saturated rings. The van der Waals surface area contributed by atoms with Crippen molar-refractivity contribution in [1.82, 2.24) is 24.8 Å². The molecule has 1 saturated carbocycles. The summed E-state index contributed by atoms with van der Waals surface area (Å²) in [5.41, 5.74) is 4.20. The molecule has 0 spiro atoms. The first-order valence-electron chi connectivity index (χ1n) is 13.5. The van der Waals surface area contributed by atoms with Crippen LogP contribution in [-0.2, 0) is 0 Å². The molecule has 2 aromatic carbocycles. The molecule has 4 aromatic rings. The minimum Gasteiger partial charge on any atom is -0.494 e. The molecule has 0 atom stereocenters. The molecule has 6 rings (SSSR count). The van der Waals surface area contributed by atoms with E-state index in [0.717, 1.165) is 35.4 Å². The third-order valence-corrected chi connectivity index (χ3v) is 7.35. The lowest BCUT2D eigenvalue weighted by molar-refractivity contribution is 0.0646. The number of nitrogens with zero attached hydrogens (tertiary/aromatic N) is 4. The minimum absolute atomic E-state index is 0.241. The standard InChI is InChI=1S/C29H31N7O3/c1-18-16-20(39-15-7-14-36-27(37)21-10-5-6-11-22(21)28(36)38)12-13-23(18)33-29-34-25-24(30-17-31-25)26(35-29)32-19-8-3-2-4-9-19/h5-6,10-13,16-17,19H,2-4,7-9,14-15H2,1H3,(H3,30,31,32,33,34,35). The zero-order valence-electron chi connectivity index (χ0n) is 21.9. The van der Waals surface area contributed by atoms with Gasteiger partial charge < -0.3 is 20.4 Å². The average molecular weight is 526 g/mol. The summed E-state index contributed by atoms with van der Waals surface area (Å²) in [4.78, 5) is 43.2. The van der Waals surface area contributed by atoms with Gasteiger partial charge in [-0.15, -0.1) is 0 Å². The van der Waals surface area contributed by atoms with Gasteiger partial charge in [-0.3, -0.25) is 14.5 Å². The Morgan fingerprint density at radius 1 is 1.03 bits per heavy atom. The second kappa shape index (κ2) is 10.7. The van der Waals surface area contributed by atoms with Crippen molar-refractivity contribution in [2.45, 2.75) is 51.5 Å². The number of hydrogen-bond donors (Lipinski definition) is 3. The van der Waals surface area contributed by atoms with Gasteiger partial charge >= 0.3 is 0 Å². The average Bonchev–Trinajstić information content (AvgIpc) is 3.52. The van der Waals surface area contributed by atoms with Crippen molar-refractivity contribution in [3.05, 3.63) is 65.5 Å². The molecule has 10 heteroatoms. The van der Waals surface area contributed by atoms with Gasteiger partial charge in [-0.05, 0) is 62.1 Å². The first-order chi connectivity index (χ1) is 19.1. The fraction of sp³-hybridized carbons (Fsp3) is 0.345. The molecule has 0 radical (unpaired) electrons. The van der Waals surface area contributed by atoms with E-state index < -0.39 is 0 Å². The predicted octanol–water partition coefficient (Wildman–Crippen LogP) is 5.21. The molecule has 3 heterocycles. The summed E-state index contributed by atoms with van der Waals surface area (Å²) in [5, 5.41) is 6.92. The van der Waals surface area contributed by atoms with Crippen molar-refractivity contribution in [2.24, 2.45) is 0 Å². The van der Waals surface area contributed by atoms with Gasteiger partial charge in [0.2, 0.25) is 5.95 Å². The summed E-state index contributed by atoms with van der Waals surface area (Å²) in [6, 6.07) is 13.1. The van der Waals surface area contributed by atoms with E-state index in [0.29, 0.717) is 54.1 Å². The Bertz CT molecular complexity index is 1490. The van der Waals surface area contributed by atoms with E-state index in [1.807, 2.05) is 25.1 Å². The van der Waals surface area contributed by atoms with Gasteiger partial charge in [0.15, 0.2) is 11.5 Å². The fourth-order valence-electron chi connectivity index (χ4n) is 5.28. The Hall–Kier alpha value is -4.47. The quantitative estimate of drug-likeness (QED) is 0.201. The molecule has 0 unspecified atom stereocenters. The number of anilines is 3. The largest absolute Gasteiger partial charge is 0.494 e. The lowest BCUT2D eigenvalue weighted by Crippen LogP contribution is -2.31. The van der Waals surface area contributed by atoms with E-state index in [2.05, 4.69) is 25.6 Å². The zero-order chi connectivity index (χ0) is 26.8. The fourth-order valence-corrected chi connectivity index (χ4v) is 5.28. The highest BCUT2D eigenvalue weighted by Crippen LogP contribution is 2.28. The SMILES string of the molecule is Cc1cc(OCCCN2C(=O)c3ccccc3C2=O)ccc1Nc1nc(NC2CCCCC2)c2[nH]cnc2n1. The number of benzene rings is 2. The van der Waals surface area contributed by atoms with Gasteiger partial charge in [0.1, 0.15) is 11.3 Å². The monoisotopic (exact) mass is 525 g/mol. The van der Waals surface area contributed by atoms with Gasteiger partial charge in [-0.25, -0.2) is 4.98 Å². The van der Waals surface area contributed by atoms with Gasteiger partial charge in [-0.1, -0.05) is 31.4 Å². The smallest absolute Gasteiger partial charge is 0.261 e. The number of rotatable bonds is 9. The van der Waals surface area contributed by atoms with Gasteiger partial charge in [-0.2, -0.15) is 9.97 Å². The molecular formula is C29H31N7O3. The van der Waals surface area contributed by atoms with Gasteiger partial charge in [0.25, 0.3) is 11.8 Å². The van der Waals surface area contributed by atoms with Crippen LogP contribution in [0.15, 0.2) is 48.8 Å². The molecule has 2 aromatic heterocycles. The van der Waals surface area contributed by atoms with E-state index in [-0.39, 0.29) is 11.8 Å². The highest BCUT2D eigenvalue weighted by molar-refractivity contribution is 6.21. The minimum atomic E-state index is -0.241. The molecule has 1 aliphatic heterocycles.